The number of fused-ring (bicyclic) bond motifs is 1. The minimum Gasteiger partial charge on any atom is -0.381 e. The van der Waals surface area contributed by atoms with E-state index in [0.29, 0.717) is 10.7 Å². The van der Waals surface area contributed by atoms with Crippen LogP contribution in [0.3, 0.4) is 0 Å². The zero-order valence-electron chi connectivity index (χ0n) is 9.60. The molecule has 0 aromatic heterocycles. The number of halogens is 1. The molecule has 0 bridgehead atoms. The molecule has 17 heavy (non-hydrogen) atoms. The van der Waals surface area contributed by atoms with Crippen LogP contribution in [0, 0.1) is 5.92 Å². The van der Waals surface area contributed by atoms with Gasteiger partial charge >= 0.3 is 0 Å². The molecular weight excluding hydrogens is 276 g/mol. The minimum atomic E-state index is 0.399. The summed E-state index contributed by atoms with van der Waals surface area (Å²) in [5.41, 5.74) is 1.39. The highest BCUT2D eigenvalue weighted by Crippen LogP contribution is 2.38. The molecule has 0 aliphatic carbocycles. The molecule has 88 valence electrons. The fourth-order valence-electron chi connectivity index (χ4n) is 2.53. The largest absolute Gasteiger partial charge is 0.381 e. The Kier molecular flexibility index (Phi) is 3.17. The normalized spacial score (nSPS) is 21.8. The van der Waals surface area contributed by atoms with Gasteiger partial charge in [0.25, 0.3) is 0 Å². The molecule has 2 unspecified atom stereocenters. The minimum absolute atomic E-state index is 0.399. The van der Waals surface area contributed by atoms with Crippen molar-refractivity contribution in [2.75, 3.05) is 13.2 Å². The van der Waals surface area contributed by atoms with Crippen LogP contribution in [-0.2, 0) is 4.74 Å². The van der Waals surface area contributed by atoms with E-state index in [0.717, 1.165) is 19.6 Å². The van der Waals surface area contributed by atoms with Crippen LogP contribution in [0.15, 0.2) is 42.5 Å². The first kappa shape index (κ1) is 11.2. The standard InChI is InChI=1S/C15H15BrO/c16-15(12-8-9-17-10-12)14-7-3-5-11-4-1-2-6-13(11)14/h1-7,12,15H,8-10H2. The van der Waals surface area contributed by atoms with E-state index in [2.05, 4.69) is 58.4 Å². The average Bonchev–Trinajstić information content (AvgIpc) is 2.91. The van der Waals surface area contributed by atoms with Gasteiger partial charge in [0.05, 0.1) is 6.61 Å². The maximum Gasteiger partial charge on any atom is 0.0509 e. The molecule has 0 spiro atoms. The summed E-state index contributed by atoms with van der Waals surface area (Å²) in [7, 11) is 0. The van der Waals surface area contributed by atoms with Crippen molar-refractivity contribution in [2.45, 2.75) is 11.2 Å². The summed E-state index contributed by atoms with van der Waals surface area (Å²) in [5, 5.41) is 2.66. The van der Waals surface area contributed by atoms with Gasteiger partial charge in [-0.15, -0.1) is 0 Å². The lowest BCUT2D eigenvalue weighted by atomic mass is 9.94. The van der Waals surface area contributed by atoms with E-state index in [-0.39, 0.29) is 0 Å². The lowest BCUT2D eigenvalue weighted by Gasteiger charge is -2.18. The fourth-order valence-corrected chi connectivity index (χ4v) is 3.34. The Bertz CT molecular complexity index is 512. The van der Waals surface area contributed by atoms with Gasteiger partial charge in [-0.3, -0.25) is 0 Å². The van der Waals surface area contributed by atoms with Gasteiger partial charge in [0.1, 0.15) is 0 Å². The van der Waals surface area contributed by atoms with Crippen LogP contribution in [0.25, 0.3) is 10.8 Å². The van der Waals surface area contributed by atoms with E-state index in [9.17, 15) is 0 Å². The van der Waals surface area contributed by atoms with Crippen molar-refractivity contribution in [3.63, 3.8) is 0 Å². The SMILES string of the molecule is BrC(c1cccc2ccccc12)C1CCOC1. The Morgan fingerprint density at radius 3 is 2.76 bits per heavy atom. The number of alkyl halides is 1. The number of ether oxygens (including phenoxy) is 1. The van der Waals surface area contributed by atoms with E-state index in [1.54, 1.807) is 0 Å². The number of benzene rings is 2. The van der Waals surface area contributed by atoms with Crippen LogP contribution >= 0.6 is 15.9 Å². The van der Waals surface area contributed by atoms with Crippen molar-refractivity contribution in [1.29, 1.82) is 0 Å². The number of hydrogen-bond acceptors (Lipinski definition) is 1. The predicted octanol–water partition coefficient (Wildman–Crippen LogP) is 4.31. The summed E-state index contributed by atoms with van der Waals surface area (Å²) >= 11 is 3.85. The van der Waals surface area contributed by atoms with Crippen LogP contribution in [0.2, 0.25) is 0 Å². The third-order valence-electron chi connectivity index (χ3n) is 3.50. The molecule has 1 aliphatic heterocycles. The second kappa shape index (κ2) is 4.79. The number of rotatable bonds is 2. The first-order valence-electron chi connectivity index (χ1n) is 6.06. The van der Waals surface area contributed by atoms with Crippen molar-refractivity contribution in [3.05, 3.63) is 48.0 Å². The average molecular weight is 291 g/mol. The Morgan fingerprint density at radius 1 is 1.12 bits per heavy atom. The Hall–Kier alpha value is -0.860. The lowest BCUT2D eigenvalue weighted by molar-refractivity contribution is 0.185. The van der Waals surface area contributed by atoms with Crippen molar-refractivity contribution >= 4 is 26.7 Å². The zero-order chi connectivity index (χ0) is 11.7. The topological polar surface area (TPSA) is 9.23 Å². The van der Waals surface area contributed by atoms with Gasteiger partial charge in [0.2, 0.25) is 0 Å². The molecule has 1 heterocycles. The molecule has 2 heteroatoms. The maximum atomic E-state index is 5.48. The summed E-state index contributed by atoms with van der Waals surface area (Å²) in [4.78, 5) is 0.399. The summed E-state index contributed by atoms with van der Waals surface area (Å²) < 4.78 is 5.48. The van der Waals surface area contributed by atoms with Crippen LogP contribution in [0.1, 0.15) is 16.8 Å². The second-order valence-corrected chi connectivity index (χ2v) is 5.58. The first-order valence-corrected chi connectivity index (χ1v) is 6.97. The molecular formula is C15H15BrO. The van der Waals surface area contributed by atoms with Gasteiger partial charge in [-0.1, -0.05) is 58.4 Å². The van der Waals surface area contributed by atoms with Crippen molar-refractivity contribution in [1.82, 2.24) is 0 Å². The van der Waals surface area contributed by atoms with Gasteiger partial charge in [-0.25, -0.2) is 0 Å². The molecule has 1 saturated heterocycles. The molecule has 0 saturated carbocycles. The van der Waals surface area contributed by atoms with E-state index >= 15 is 0 Å². The van der Waals surface area contributed by atoms with E-state index in [1.807, 2.05) is 0 Å². The predicted molar refractivity (Wildman–Crippen MR) is 74.5 cm³/mol. The van der Waals surface area contributed by atoms with Crippen molar-refractivity contribution < 1.29 is 4.74 Å². The van der Waals surface area contributed by atoms with E-state index < -0.39 is 0 Å². The quantitative estimate of drug-likeness (QED) is 0.749. The Labute approximate surface area is 110 Å². The van der Waals surface area contributed by atoms with Gasteiger partial charge in [0, 0.05) is 17.4 Å². The molecule has 1 fully saturated rings. The smallest absolute Gasteiger partial charge is 0.0509 e. The van der Waals surface area contributed by atoms with Gasteiger partial charge in [0.15, 0.2) is 0 Å². The van der Waals surface area contributed by atoms with Crippen LogP contribution in [0.5, 0.6) is 0 Å². The van der Waals surface area contributed by atoms with Crippen molar-refractivity contribution in [2.24, 2.45) is 5.92 Å². The van der Waals surface area contributed by atoms with Gasteiger partial charge in [-0.05, 0) is 22.8 Å². The molecule has 1 aliphatic rings. The molecule has 3 rings (SSSR count). The van der Waals surface area contributed by atoms with Gasteiger partial charge < -0.3 is 4.74 Å². The molecule has 0 radical (unpaired) electrons. The second-order valence-electron chi connectivity index (χ2n) is 4.59. The first-order chi connectivity index (χ1) is 8.36. The third-order valence-corrected chi connectivity index (χ3v) is 4.74. The highest BCUT2D eigenvalue weighted by atomic mass is 79.9. The fraction of sp³-hybridized carbons (Fsp3) is 0.333. The van der Waals surface area contributed by atoms with E-state index in [1.165, 1.54) is 16.3 Å². The van der Waals surface area contributed by atoms with E-state index in [4.69, 9.17) is 4.74 Å². The highest BCUT2D eigenvalue weighted by molar-refractivity contribution is 9.09. The maximum absolute atomic E-state index is 5.48. The number of hydrogen-bond donors (Lipinski definition) is 0. The summed E-state index contributed by atoms with van der Waals surface area (Å²) in [5.74, 6) is 0.598. The third kappa shape index (κ3) is 2.12. The van der Waals surface area contributed by atoms with Crippen LogP contribution < -0.4 is 0 Å². The Balaban J connectivity index is 2.04. The molecule has 2 atom stereocenters. The van der Waals surface area contributed by atoms with Crippen molar-refractivity contribution in [3.8, 4) is 0 Å². The van der Waals surface area contributed by atoms with Crippen LogP contribution in [-0.4, -0.2) is 13.2 Å². The monoisotopic (exact) mass is 290 g/mol. The lowest BCUT2D eigenvalue weighted by Crippen LogP contribution is -2.07. The summed E-state index contributed by atoms with van der Waals surface area (Å²) in [6.07, 6.45) is 1.15. The molecule has 0 N–H and O–H groups in total. The molecule has 2 aromatic carbocycles. The summed E-state index contributed by atoms with van der Waals surface area (Å²) in [6.45, 7) is 1.77. The highest BCUT2D eigenvalue weighted by Gasteiger charge is 2.25. The zero-order valence-corrected chi connectivity index (χ0v) is 11.2. The Morgan fingerprint density at radius 2 is 1.94 bits per heavy atom. The molecule has 0 amide bonds. The van der Waals surface area contributed by atoms with Crippen LogP contribution in [0.4, 0.5) is 0 Å². The molecule has 1 nitrogen and oxygen atoms in total. The molecule has 2 aromatic rings. The van der Waals surface area contributed by atoms with Gasteiger partial charge in [-0.2, -0.15) is 0 Å². The summed E-state index contributed by atoms with van der Waals surface area (Å²) in [6, 6.07) is 15.1.